The van der Waals surface area contributed by atoms with E-state index in [1.807, 2.05) is 0 Å². The smallest absolute Gasteiger partial charge is 0.321 e. The maximum Gasteiger partial charge on any atom is 0.321 e. The fourth-order valence-electron chi connectivity index (χ4n) is 4.05. The molecule has 7 nitrogen and oxygen atoms in total. The number of rotatable bonds is 3. The molecule has 9 heteroatoms. The SMILES string of the molecule is CC1CC(C)CN(S(=O)(=O)N2CCCN(C(=O)Nc3cccc(Cl)c3)CC2)C1. The highest BCUT2D eigenvalue weighted by molar-refractivity contribution is 7.86. The van der Waals surface area contributed by atoms with Crippen LogP contribution in [0.5, 0.6) is 0 Å². The standard InChI is InChI=1S/C19H29ClN4O3S/c1-15-11-16(2)14-24(13-15)28(26,27)23-8-4-7-22(9-10-23)19(25)21-18-6-3-5-17(20)12-18/h3,5-6,12,15-16H,4,7-11,13-14H2,1-2H3,(H,21,25). The first-order chi connectivity index (χ1) is 13.3. The van der Waals surface area contributed by atoms with Crippen LogP contribution in [0.1, 0.15) is 26.7 Å². The normalized spacial score (nSPS) is 25.3. The van der Waals surface area contributed by atoms with E-state index in [1.54, 1.807) is 33.5 Å². The lowest BCUT2D eigenvalue weighted by Gasteiger charge is -2.37. The zero-order chi connectivity index (χ0) is 20.3. The lowest BCUT2D eigenvalue weighted by atomic mass is 9.94. The fraction of sp³-hybridized carbons (Fsp3) is 0.632. The van der Waals surface area contributed by atoms with Gasteiger partial charge >= 0.3 is 6.03 Å². The van der Waals surface area contributed by atoms with Gasteiger partial charge in [-0.05, 0) is 42.9 Å². The van der Waals surface area contributed by atoms with Gasteiger partial charge in [-0.3, -0.25) is 0 Å². The van der Waals surface area contributed by atoms with Crippen molar-refractivity contribution in [1.82, 2.24) is 13.5 Å². The van der Waals surface area contributed by atoms with Crippen LogP contribution in [0.4, 0.5) is 10.5 Å². The lowest BCUT2D eigenvalue weighted by molar-refractivity contribution is 0.206. The summed E-state index contributed by atoms with van der Waals surface area (Å²) in [5.74, 6) is 0.732. The zero-order valence-electron chi connectivity index (χ0n) is 16.5. The summed E-state index contributed by atoms with van der Waals surface area (Å²) in [6, 6.07) is 6.74. The monoisotopic (exact) mass is 428 g/mol. The molecule has 2 heterocycles. The number of piperidine rings is 1. The molecule has 2 fully saturated rings. The zero-order valence-corrected chi connectivity index (χ0v) is 18.0. The van der Waals surface area contributed by atoms with E-state index in [-0.39, 0.29) is 6.03 Å². The quantitative estimate of drug-likeness (QED) is 0.803. The molecule has 156 valence electrons. The number of hydrogen-bond donors (Lipinski definition) is 1. The van der Waals surface area contributed by atoms with Gasteiger partial charge in [-0.1, -0.05) is 31.5 Å². The van der Waals surface area contributed by atoms with E-state index in [2.05, 4.69) is 19.2 Å². The molecular formula is C19H29ClN4O3S. The summed E-state index contributed by atoms with van der Waals surface area (Å²) in [4.78, 5) is 14.2. The minimum Gasteiger partial charge on any atom is -0.323 e. The van der Waals surface area contributed by atoms with E-state index < -0.39 is 10.2 Å². The van der Waals surface area contributed by atoms with Crippen LogP contribution in [0.2, 0.25) is 5.02 Å². The van der Waals surface area contributed by atoms with Crippen LogP contribution in [0.3, 0.4) is 0 Å². The third kappa shape index (κ3) is 5.17. The van der Waals surface area contributed by atoms with Crippen molar-refractivity contribution in [3.05, 3.63) is 29.3 Å². The third-order valence-electron chi connectivity index (χ3n) is 5.31. The molecule has 2 saturated heterocycles. The molecule has 0 saturated carbocycles. The Morgan fingerprint density at radius 1 is 1.07 bits per heavy atom. The molecule has 1 N–H and O–H groups in total. The Labute approximate surface area is 172 Å². The van der Waals surface area contributed by atoms with Gasteiger partial charge in [0.05, 0.1) is 0 Å². The highest BCUT2D eigenvalue weighted by Crippen LogP contribution is 2.25. The van der Waals surface area contributed by atoms with Crippen molar-refractivity contribution in [2.75, 3.05) is 44.6 Å². The van der Waals surface area contributed by atoms with Crippen LogP contribution in [-0.2, 0) is 10.2 Å². The fourth-order valence-corrected chi connectivity index (χ4v) is 6.13. The van der Waals surface area contributed by atoms with Gasteiger partial charge in [0.15, 0.2) is 0 Å². The summed E-state index contributed by atoms with van der Waals surface area (Å²) in [6.45, 7) is 6.97. The maximum atomic E-state index is 13.1. The number of hydrogen-bond acceptors (Lipinski definition) is 3. The summed E-state index contributed by atoms with van der Waals surface area (Å²) < 4.78 is 29.4. The molecule has 0 spiro atoms. The summed E-state index contributed by atoms with van der Waals surface area (Å²) in [6.07, 6.45) is 1.67. The van der Waals surface area contributed by atoms with Crippen molar-refractivity contribution < 1.29 is 13.2 Å². The second kappa shape index (κ2) is 8.98. The van der Waals surface area contributed by atoms with Crippen molar-refractivity contribution in [3.63, 3.8) is 0 Å². The largest absolute Gasteiger partial charge is 0.323 e. The Morgan fingerprint density at radius 2 is 1.79 bits per heavy atom. The van der Waals surface area contributed by atoms with Crippen LogP contribution in [0.15, 0.2) is 24.3 Å². The molecule has 0 radical (unpaired) electrons. The van der Waals surface area contributed by atoms with Crippen molar-refractivity contribution in [1.29, 1.82) is 0 Å². The molecule has 2 aliphatic heterocycles. The highest BCUT2D eigenvalue weighted by atomic mass is 35.5. The number of amides is 2. The average Bonchev–Trinajstić information content (AvgIpc) is 2.87. The second-order valence-electron chi connectivity index (χ2n) is 7.95. The van der Waals surface area contributed by atoms with Gasteiger partial charge in [0.25, 0.3) is 10.2 Å². The van der Waals surface area contributed by atoms with Gasteiger partial charge in [0.1, 0.15) is 0 Å². The molecule has 2 unspecified atom stereocenters. The third-order valence-corrected chi connectivity index (χ3v) is 7.51. The van der Waals surface area contributed by atoms with E-state index in [0.717, 1.165) is 6.42 Å². The minimum absolute atomic E-state index is 0.235. The number of halogens is 1. The Kier molecular flexibility index (Phi) is 6.85. The highest BCUT2D eigenvalue weighted by Gasteiger charge is 2.35. The van der Waals surface area contributed by atoms with Crippen molar-refractivity contribution in [2.45, 2.75) is 26.7 Å². The number of carbonyl (C=O) groups excluding carboxylic acids is 1. The van der Waals surface area contributed by atoms with E-state index in [4.69, 9.17) is 11.6 Å². The first-order valence-electron chi connectivity index (χ1n) is 9.82. The summed E-state index contributed by atoms with van der Waals surface area (Å²) >= 11 is 5.96. The van der Waals surface area contributed by atoms with Crippen LogP contribution in [-0.4, -0.2) is 67.2 Å². The maximum absolute atomic E-state index is 13.1. The van der Waals surface area contributed by atoms with Gasteiger partial charge < -0.3 is 10.2 Å². The molecule has 1 aromatic rings. The molecule has 28 heavy (non-hydrogen) atoms. The van der Waals surface area contributed by atoms with Crippen molar-refractivity contribution in [3.8, 4) is 0 Å². The number of anilines is 1. The molecular weight excluding hydrogens is 400 g/mol. The van der Waals surface area contributed by atoms with Crippen LogP contribution >= 0.6 is 11.6 Å². The number of nitrogens with one attached hydrogen (secondary N) is 1. The number of carbonyl (C=O) groups is 1. The molecule has 2 amide bonds. The molecule has 3 rings (SSSR count). The summed E-state index contributed by atoms with van der Waals surface area (Å²) in [7, 11) is -3.50. The van der Waals surface area contributed by atoms with Crippen LogP contribution in [0, 0.1) is 11.8 Å². The van der Waals surface area contributed by atoms with Gasteiger partial charge in [-0.2, -0.15) is 17.0 Å². The van der Waals surface area contributed by atoms with E-state index in [9.17, 15) is 13.2 Å². The predicted octanol–water partition coefficient (Wildman–Crippen LogP) is 3.10. The Bertz CT molecular complexity index is 794. The number of nitrogens with zero attached hydrogens (tertiary/aromatic N) is 3. The van der Waals surface area contributed by atoms with Gasteiger partial charge in [0, 0.05) is 50.0 Å². The Balaban J connectivity index is 1.61. The predicted molar refractivity (Wildman–Crippen MR) is 112 cm³/mol. The number of urea groups is 1. The van der Waals surface area contributed by atoms with Crippen molar-refractivity contribution in [2.24, 2.45) is 11.8 Å². The van der Waals surface area contributed by atoms with Gasteiger partial charge in [-0.25, -0.2) is 4.79 Å². The van der Waals surface area contributed by atoms with E-state index in [1.165, 1.54) is 4.31 Å². The molecule has 0 bridgehead atoms. The molecule has 2 aliphatic rings. The van der Waals surface area contributed by atoms with Gasteiger partial charge in [0.2, 0.25) is 0 Å². The molecule has 1 aromatic carbocycles. The Hall–Kier alpha value is -1.35. The first-order valence-corrected chi connectivity index (χ1v) is 11.6. The topological polar surface area (TPSA) is 73.0 Å². The average molecular weight is 429 g/mol. The minimum atomic E-state index is -3.50. The summed E-state index contributed by atoms with van der Waals surface area (Å²) in [5, 5.41) is 3.38. The van der Waals surface area contributed by atoms with E-state index >= 15 is 0 Å². The van der Waals surface area contributed by atoms with Crippen LogP contribution < -0.4 is 5.32 Å². The lowest BCUT2D eigenvalue weighted by Crippen LogP contribution is -2.50. The summed E-state index contributed by atoms with van der Waals surface area (Å²) in [5.41, 5.74) is 0.627. The Morgan fingerprint density at radius 3 is 2.46 bits per heavy atom. The first kappa shape index (κ1) is 21.4. The van der Waals surface area contributed by atoms with Gasteiger partial charge in [-0.15, -0.1) is 0 Å². The molecule has 0 aliphatic carbocycles. The molecule has 2 atom stereocenters. The van der Waals surface area contributed by atoms with Crippen LogP contribution in [0.25, 0.3) is 0 Å². The van der Waals surface area contributed by atoms with Crippen molar-refractivity contribution >= 4 is 33.5 Å². The second-order valence-corrected chi connectivity index (χ2v) is 10.3. The van der Waals surface area contributed by atoms with E-state index in [0.29, 0.717) is 68.2 Å². The number of benzene rings is 1. The molecule has 0 aromatic heterocycles.